The quantitative estimate of drug-likeness (QED) is 0.762. The lowest BCUT2D eigenvalue weighted by atomic mass is 10.2. The molecule has 0 atom stereocenters. The summed E-state index contributed by atoms with van der Waals surface area (Å²) in [5.41, 5.74) is 1.03. The van der Waals surface area contributed by atoms with Crippen LogP contribution in [0.15, 0.2) is 24.3 Å². The number of hydrogen-bond acceptors (Lipinski definition) is 4. The van der Waals surface area contributed by atoms with Crippen LogP contribution in [-0.4, -0.2) is 45.9 Å². The van der Waals surface area contributed by atoms with Gasteiger partial charge < -0.3 is 10.1 Å². The van der Waals surface area contributed by atoms with E-state index in [0.29, 0.717) is 37.4 Å². The van der Waals surface area contributed by atoms with Crippen LogP contribution in [0.4, 0.5) is 5.69 Å². The Morgan fingerprint density at radius 2 is 2.12 bits per heavy atom. The first kappa shape index (κ1) is 18.7. The summed E-state index contributed by atoms with van der Waals surface area (Å²) in [6, 6.07) is 6.79. The minimum Gasteiger partial charge on any atom is -0.379 e. The Hall–Kier alpha value is -1.60. The van der Waals surface area contributed by atoms with Gasteiger partial charge in [0.05, 0.1) is 17.5 Å². The number of anilines is 1. The molecule has 0 saturated carbocycles. The van der Waals surface area contributed by atoms with Gasteiger partial charge in [-0.25, -0.2) is 8.42 Å². The Balaban J connectivity index is 1.95. The number of carbonyl (C=O) groups is 1. The number of rotatable bonds is 7. The van der Waals surface area contributed by atoms with Crippen LogP contribution in [0.25, 0.3) is 0 Å². The second kappa shape index (κ2) is 8.48. The number of sulfonamides is 1. The van der Waals surface area contributed by atoms with E-state index >= 15 is 0 Å². The number of hydrogen-bond donors (Lipinski definition) is 1. The van der Waals surface area contributed by atoms with Crippen LogP contribution in [0.5, 0.6) is 0 Å². The maximum absolute atomic E-state index is 12.2. The smallest absolute Gasteiger partial charge is 0.251 e. The molecule has 1 aliphatic heterocycles. The Kier molecular flexibility index (Phi) is 6.62. The van der Waals surface area contributed by atoms with E-state index in [9.17, 15) is 13.2 Å². The summed E-state index contributed by atoms with van der Waals surface area (Å²) in [4.78, 5) is 12.2. The fourth-order valence-electron chi connectivity index (χ4n) is 2.58. The van der Waals surface area contributed by atoms with Crippen LogP contribution < -0.4 is 9.62 Å². The first-order valence-corrected chi connectivity index (χ1v) is 10.0. The van der Waals surface area contributed by atoms with Gasteiger partial charge in [-0.2, -0.15) is 0 Å². The molecule has 1 amide bonds. The Labute approximate surface area is 144 Å². The molecule has 1 saturated heterocycles. The Bertz CT molecular complexity index is 658. The van der Waals surface area contributed by atoms with Crippen LogP contribution in [0.3, 0.4) is 0 Å². The molecule has 0 aromatic heterocycles. The largest absolute Gasteiger partial charge is 0.379 e. The normalized spacial score (nSPS) is 17.0. The van der Waals surface area contributed by atoms with Gasteiger partial charge in [0.15, 0.2) is 0 Å². The zero-order valence-corrected chi connectivity index (χ0v) is 15.1. The number of nitrogens with one attached hydrogen (secondary N) is 1. The van der Waals surface area contributed by atoms with E-state index in [4.69, 9.17) is 4.74 Å². The molecule has 6 nitrogen and oxygen atoms in total. The summed E-state index contributed by atoms with van der Waals surface area (Å²) in [5.74, 6) is -0.0324. The van der Waals surface area contributed by atoms with Gasteiger partial charge in [-0.15, -0.1) is 0 Å². The molecule has 1 fully saturated rings. The van der Waals surface area contributed by atoms with Crippen LogP contribution >= 0.6 is 0 Å². The lowest BCUT2D eigenvalue weighted by molar-refractivity contribution is 0.0757. The molecule has 1 N–H and O–H groups in total. The lowest BCUT2D eigenvalue weighted by Crippen LogP contribution is -2.38. The second-order valence-electron chi connectivity index (χ2n) is 6.17. The van der Waals surface area contributed by atoms with Gasteiger partial charge in [0.1, 0.15) is 0 Å². The van der Waals surface area contributed by atoms with Gasteiger partial charge >= 0.3 is 0 Å². The predicted molar refractivity (Wildman–Crippen MR) is 94.8 cm³/mol. The minimum atomic E-state index is -3.27. The number of benzene rings is 1. The van der Waals surface area contributed by atoms with Crippen molar-refractivity contribution in [2.45, 2.75) is 39.2 Å². The van der Waals surface area contributed by atoms with E-state index < -0.39 is 10.0 Å². The summed E-state index contributed by atoms with van der Waals surface area (Å²) in [6.45, 7) is 5.54. The highest BCUT2D eigenvalue weighted by molar-refractivity contribution is 7.92. The lowest BCUT2D eigenvalue weighted by Gasteiger charge is -2.28. The van der Waals surface area contributed by atoms with E-state index in [1.807, 2.05) is 13.8 Å². The van der Waals surface area contributed by atoms with Gasteiger partial charge in [-0.05, 0) is 51.3 Å². The highest BCUT2D eigenvalue weighted by Crippen LogP contribution is 2.24. The zero-order valence-electron chi connectivity index (χ0n) is 14.3. The van der Waals surface area contributed by atoms with E-state index in [1.165, 1.54) is 4.31 Å². The average molecular weight is 354 g/mol. The van der Waals surface area contributed by atoms with Crippen molar-refractivity contribution < 1.29 is 17.9 Å². The number of amides is 1. The fourth-order valence-corrected chi connectivity index (χ4v) is 4.21. The molecule has 1 aromatic carbocycles. The van der Waals surface area contributed by atoms with E-state index in [1.54, 1.807) is 24.3 Å². The predicted octanol–water partition coefficient (Wildman–Crippen LogP) is 2.16. The van der Waals surface area contributed by atoms with Crippen LogP contribution in [0, 0.1) is 0 Å². The summed E-state index contributed by atoms with van der Waals surface area (Å²) >= 11 is 0. The van der Waals surface area contributed by atoms with Crippen molar-refractivity contribution in [2.24, 2.45) is 0 Å². The molecule has 0 radical (unpaired) electrons. The van der Waals surface area contributed by atoms with Gasteiger partial charge in [0.2, 0.25) is 10.0 Å². The molecular formula is C17H26N2O4S. The number of nitrogens with zero attached hydrogens (tertiary/aromatic N) is 1. The van der Waals surface area contributed by atoms with Crippen molar-refractivity contribution in [3.63, 3.8) is 0 Å². The number of ether oxygens (including phenoxy) is 1. The molecule has 7 heteroatoms. The molecule has 1 heterocycles. The third-order valence-electron chi connectivity index (χ3n) is 3.80. The van der Waals surface area contributed by atoms with Gasteiger partial charge in [-0.1, -0.05) is 6.07 Å². The third kappa shape index (κ3) is 5.21. The monoisotopic (exact) mass is 354 g/mol. The Morgan fingerprint density at radius 1 is 1.33 bits per heavy atom. The summed E-state index contributed by atoms with van der Waals surface area (Å²) < 4.78 is 31.2. The van der Waals surface area contributed by atoms with Crippen molar-refractivity contribution in [2.75, 3.05) is 29.8 Å². The van der Waals surface area contributed by atoms with Crippen molar-refractivity contribution in [1.29, 1.82) is 0 Å². The van der Waals surface area contributed by atoms with Crippen molar-refractivity contribution in [1.82, 2.24) is 5.32 Å². The van der Waals surface area contributed by atoms with Crippen molar-refractivity contribution in [3.05, 3.63) is 29.8 Å². The van der Waals surface area contributed by atoms with Gasteiger partial charge in [0.25, 0.3) is 5.91 Å². The van der Waals surface area contributed by atoms with E-state index in [2.05, 4.69) is 5.32 Å². The molecule has 0 unspecified atom stereocenters. The molecule has 0 aliphatic carbocycles. The van der Waals surface area contributed by atoms with Crippen LogP contribution in [-0.2, 0) is 14.8 Å². The number of carbonyl (C=O) groups excluding carboxylic acids is 1. The maximum Gasteiger partial charge on any atom is 0.251 e. The molecule has 2 rings (SSSR count). The Morgan fingerprint density at radius 3 is 2.83 bits per heavy atom. The van der Waals surface area contributed by atoms with E-state index in [0.717, 1.165) is 12.8 Å². The van der Waals surface area contributed by atoms with Crippen molar-refractivity contribution >= 4 is 21.6 Å². The maximum atomic E-state index is 12.2. The van der Waals surface area contributed by atoms with Crippen LogP contribution in [0.2, 0.25) is 0 Å². The molecular weight excluding hydrogens is 328 g/mol. The molecule has 0 spiro atoms. The highest BCUT2D eigenvalue weighted by atomic mass is 32.2. The first-order chi connectivity index (χ1) is 11.4. The molecule has 24 heavy (non-hydrogen) atoms. The summed E-state index contributed by atoms with van der Waals surface area (Å²) in [6.07, 6.45) is 2.46. The molecule has 0 bridgehead atoms. The van der Waals surface area contributed by atoms with Gasteiger partial charge in [0, 0.05) is 25.3 Å². The molecule has 1 aliphatic rings. The van der Waals surface area contributed by atoms with Crippen LogP contribution in [0.1, 0.15) is 43.5 Å². The standard InChI is InChI=1S/C17H26N2O4S/c1-14(2)23-11-6-9-18-17(20)15-7-5-8-16(13-15)19-10-3-4-12-24(19,21)22/h5,7-8,13-14H,3-4,6,9-12H2,1-2H3,(H,18,20). The third-order valence-corrected chi connectivity index (χ3v) is 5.67. The zero-order chi connectivity index (χ0) is 17.6. The summed E-state index contributed by atoms with van der Waals surface area (Å²) in [7, 11) is -3.27. The second-order valence-corrected chi connectivity index (χ2v) is 8.19. The topological polar surface area (TPSA) is 75.7 Å². The molecule has 134 valence electrons. The van der Waals surface area contributed by atoms with Crippen molar-refractivity contribution in [3.8, 4) is 0 Å². The first-order valence-electron chi connectivity index (χ1n) is 8.40. The van der Waals surface area contributed by atoms with Gasteiger partial charge in [-0.3, -0.25) is 9.10 Å². The fraction of sp³-hybridized carbons (Fsp3) is 0.588. The summed E-state index contributed by atoms with van der Waals surface area (Å²) in [5, 5.41) is 2.84. The highest BCUT2D eigenvalue weighted by Gasteiger charge is 2.26. The SMILES string of the molecule is CC(C)OCCCNC(=O)c1cccc(N2CCCCS2(=O)=O)c1. The minimum absolute atomic E-state index is 0.166. The van der Waals surface area contributed by atoms with E-state index in [-0.39, 0.29) is 17.8 Å². The molecule has 1 aromatic rings. The average Bonchev–Trinajstić information content (AvgIpc) is 2.53.